The predicted molar refractivity (Wildman–Crippen MR) is 82.5 cm³/mol. The van der Waals surface area contributed by atoms with Crippen LogP contribution in [0.25, 0.3) is 10.4 Å². The highest BCUT2D eigenvalue weighted by atomic mass is 35.5. The zero-order chi connectivity index (χ0) is 15.9. The van der Waals surface area contributed by atoms with Gasteiger partial charge in [0.15, 0.2) is 0 Å². The van der Waals surface area contributed by atoms with Gasteiger partial charge in [-0.3, -0.25) is 5.32 Å². The van der Waals surface area contributed by atoms with Crippen molar-refractivity contribution < 1.29 is 9.53 Å². The molecule has 8 heteroatoms. The number of ether oxygens (including phenoxy) is 1. The average molecular weight is 331 g/mol. The Kier molecular flexibility index (Phi) is 6.78. The first kappa shape index (κ1) is 17.6. The fourth-order valence-corrected chi connectivity index (χ4v) is 2.51. The first-order valence-electron chi connectivity index (χ1n) is 6.25. The van der Waals surface area contributed by atoms with Gasteiger partial charge in [0.2, 0.25) is 0 Å². The van der Waals surface area contributed by atoms with Crippen molar-refractivity contribution in [2.24, 2.45) is 5.11 Å². The monoisotopic (exact) mass is 330 g/mol. The van der Waals surface area contributed by atoms with E-state index in [4.69, 9.17) is 33.5 Å². The van der Waals surface area contributed by atoms with E-state index in [1.165, 1.54) is 7.11 Å². The number of nitrogens with zero attached hydrogens (tertiary/aromatic N) is 3. The minimum Gasteiger partial charge on any atom is -0.467 e. The van der Waals surface area contributed by atoms with Crippen molar-refractivity contribution in [3.8, 4) is 0 Å². The van der Waals surface area contributed by atoms with Crippen LogP contribution >= 0.6 is 23.2 Å². The number of halogens is 2. The topological polar surface area (TPSA) is 87.1 Å². The van der Waals surface area contributed by atoms with Crippen LogP contribution in [0, 0.1) is 0 Å². The Labute approximate surface area is 133 Å². The molecular formula is C13H16Cl2N4O2. The van der Waals surface area contributed by atoms with Crippen molar-refractivity contribution in [1.82, 2.24) is 5.32 Å². The number of esters is 1. The van der Waals surface area contributed by atoms with Crippen LogP contribution in [0.15, 0.2) is 23.3 Å². The first-order chi connectivity index (χ1) is 9.95. The molecule has 1 aromatic carbocycles. The fourth-order valence-electron chi connectivity index (χ4n) is 1.91. The van der Waals surface area contributed by atoms with Gasteiger partial charge in [-0.05, 0) is 37.6 Å². The second kappa shape index (κ2) is 8.10. The number of azide groups is 1. The lowest BCUT2D eigenvalue weighted by Crippen LogP contribution is -2.48. The van der Waals surface area contributed by atoms with Gasteiger partial charge in [-0.1, -0.05) is 34.4 Å². The second-order valence-electron chi connectivity index (χ2n) is 4.48. The molecule has 0 radical (unpaired) electrons. The van der Waals surface area contributed by atoms with Crippen LogP contribution in [0.3, 0.4) is 0 Å². The molecular weight excluding hydrogens is 315 g/mol. The van der Waals surface area contributed by atoms with Crippen molar-refractivity contribution in [3.63, 3.8) is 0 Å². The van der Waals surface area contributed by atoms with E-state index in [-0.39, 0.29) is 0 Å². The van der Waals surface area contributed by atoms with E-state index in [2.05, 4.69) is 15.3 Å². The lowest BCUT2D eigenvalue weighted by atomic mass is 9.91. The van der Waals surface area contributed by atoms with E-state index in [9.17, 15) is 4.79 Å². The number of rotatable bonds is 7. The van der Waals surface area contributed by atoms with Crippen LogP contribution in [0.1, 0.15) is 18.9 Å². The number of carbonyl (C=O) groups is 1. The Morgan fingerprint density at radius 2 is 2.24 bits per heavy atom. The van der Waals surface area contributed by atoms with E-state index in [0.717, 1.165) is 0 Å². The van der Waals surface area contributed by atoms with Gasteiger partial charge in [0, 0.05) is 27.1 Å². The molecule has 1 N–H and O–H groups in total. The molecule has 1 aromatic rings. The summed E-state index contributed by atoms with van der Waals surface area (Å²) >= 11 is 12.1. The van der Waals surface area contributed by atoms with E-state index in [0.29, 0.717) is 35.1 Å². The summed E-state index contributed by atoms with van der Waals surface area (Å²) < 4.78 is 4.86. The van der Waals surface area contributed by atoms with Crippen LogP contribution in [0.4, 0.5) is 0 Å². The number of carbonyl (C=O) groups excluding carboxylic acids is 1. The van der Waals surface area contributed by atoms with Crippen molar-refractivity contribution >= 4 is 29.2 Å². The van der Waals surface area contributed by atoms with Crippen LogP contribution in [-0.2, 0) is 15.1 Å². The van der Waals surface area contributed by atoms with E-state index >= 15 is 0 Å². The molecule has 1 atom stereocenters. The lowest BCUT2D eigenvalue weighted by molar-refractivity contribution is -0.148. The van der Waals surface area contributed by atoms with Crippen LogP contribution < -0.4 is 5.32 Å². The first-order valence-corrected chi connectivity index (χ1v) is 7.01. The van der Waals surface area contributed by atoms with Crippen molar-refractivity contribution in [3.05, 3.63) is 44.3 Å². The van der Waals surface area contributed by atoms with Gasteiger partial charge >= 0.3 is 5.97 Å². The van der Waals surface area contributed by atoms with E-state index < -0.39 is 11.5 Å². The number of benzene rings is 1. The molecule has 0 aliphatic rings. The Hall–Kier alpha value is -1.46. The summed E-state index contributed by atoms with van der Waals surface area (Å²) in [6.45, 7) is 2.49. The molecule has 0 saturated carbocycles. The molecule has 114 valence electrons. The highest BCUT2D eigenvalue weighted by Crippen LogP contribution is 2.31. The molecule has 0 spiro atoms. The molecule has 0 saturated heterocycles. The third-order valence-electron chi connectivity index (χ3n) is 3.04. The zero-order valence-corrected chi connectivity index (χ0v) is 13.3. The third kappa shape index (κ3) is 4.51. The predicted octanol–water partition coefficient (Wildman–Crippen LogP) is 3.67. The molecule has 0 aliphatic heterocycles. The van der Waals surface area contributed by atoms with Gasteiger partial charge in [-0.15, -0.1) is 0 Å². The Bertz CT molecular complexity index is 561. The fraction of sp³-hybridized carbons (Fsp3) is 0.462. The minimum atomic E-state index is -1.10. The molecule has 0 amide bonds. The number of methoxy groups -OCH3 is 1. The molecule has 0 aliphatic carbocycles. The number of nitrogens with one attached hydrogen (secondary N) is 1. The smallest absolute Gasteiger partial charge is 0.330 e. The maximum atomic E-state index is 12.1. The third-order valence-corrected chi connectivity index (χ3v) is 3.59. The van der Waals surface area contributed by atoms with Gasteiger partial charge < -0.3 is 4.74 Å². The molecule has 6 nitrogen and oxygen atoms in total. The maximum Gasteiger partial charge on any atom is 0.330 e. The zero-order valence-electron chi connectivity index (χ0n) is 11.8. The van der Waals surface area contributed by atoms with Gasteiger partial charge in [-0.25, -0.2) is 4.79 Å². The number of hydrogen-bond donors (Lipinski definition) is 1. The molecule has 0 heterocycles. The molecule has 0 bridgehead atoms. The molecule has 0 fully saturated rings. The van der Waals surface area contributed by atoms with Crippen molar-refractivity contribution in [2.45, 2.75) is 18.9 Å². The summed E-state index contributed by atoms with van der Waals surface area (Å²) in [5.41, 5.74) is 7.69. The van der Waals surface area contributed by atoms with Gasteiger partial charge in [0.1, 0.15) is 5.54 Å². The number of hydrogen-bond acceptors (Lipinski definition) is 4. The lowest BCUT2D eigenvalue weighted by Gasteiger charge is -2.29. The summed E-state index contributed by atoms with van der Waals surface area (Å²) in [4.78, 5) is 14.8. The van der Waals surface area contributed by atoms with Gasteiger partial charge in [-0.2, -0.15) is 0 Å². The summed E-state index contributed by atoms with van der Waals surface area (Å²) in [6.07, 6.45) is 0.585. The van der Waals surface area contributed by atoms with Crippen LogP contribution in [0.2, 0.25) is 10.0 Å². The molecule has 21 heavy (non-hydrogen) atoms. The quantitative estimate of drug-likeness (QED) is 0.272. The van der Waals surface area contributed by atoms with Gasteiger partial charge in [0.25, 0.3) is 0 Å². The summed E-state index contributed by atoms with van der Waals surface area (Å²) in [5, 5.41) is 7.39. The summed E-state index contributed by atoms with van der Waals surface area (Å²) in [5.74, 6) is -0.462. The summed E-state index contributed by atoms with van der Waals surface area (Å²) in [6, 6.07) is 4.91. The molecule has 0 aromatic heterocycles. The van der Waals surface area contributed by atoms with E-state index in [1.54, 1.807) is 25.1 Å². The largest absolute Gasteiger partial charge is 0.467 e. The molecule has 1 unspecified atom stereocenters. The Balaban J connectivity index is 2.97. The second-order valence-corrected chi connectivity index (χ2v) is 5.32. The maximum absolute atomic E-state index is 12.1. The highest BCUT2D eigenvalue weighted by molar-refractivity contribution is 6.35. The van der Waals surface area contributed by atoms with Crippen molar-refractivity contribution in [2.75, 3.05) is 20.2 Å². The standard InChI is InChI=1S/C13H16Cl2N4O2/c1-13(12(20)21-2,17-6-3-7-18-19-16)10-5-4-9(14)8-11(10)15/h4-5,8,17H,3,6-7H2,1-2H3. The van der Waals surface area contributed by atoms with Crippen LogP contribution in [0.5, 0.6) is 0 Å². The minimum absolute atomic E-state index is 0.342. The summed E-state index contributed by atoms with van der Waals surface area (Å²) in [7, 11) is 1.31. The normalized spacial score (nSPS) is 13.1. The van der Waals surface area contributed by atoms with E-state index in [1.807, 2.05) is 0 Å². The van der Waals surface area contributed by atoms with Crippen molar-refractivity contribution in [1.29, 1.82) is 0 Å². The van der Waals surface area contributed by atoms with Gasteiger partial charge in [0.05, 0.1) is 7.11 Å². The highest BCUT2D eigenvalue weighted by Gasteiger charge is 2.37. The molecule has 1 rings (SSSR count). The van der Waals surface area contributed by atoms with Crippen LogP contribution in [-0.4, -0.2) is 26.2 Å². The average Bonchev–Trinajstić information content (AvgIpc) is 2.45. The Morgan fingerprint density at radius 1 is 1.52 bits per heavy atom. The SMILES string of the molecule is COC(=O)C(C)(NCCCN=[N+]=[N-])c1ccc(Cl)cc1Cl. The Morgan fingerprint density at radius 3 is 2.81 bits per heavy atom.